The molecule has 0 aliphatic heterocycles. The molecule has 2 aromatic rings. The second kappa shape index (κ2) is 4.70. The monoisotopic (exact) mass is 244 g/mol. The molecule has 0 radical (unpaired) electrons. The van der Waals surface area contributed by atoms with Crippen LogP contribution in [-0.2, 0) is 7.05 Å². The van der Waals surface area contributed by atoms with Gasteiger partial charge in [-0.1, -0.05) is 18.2 Å². The molecule has 0 aliphatic rings. The van der Waals surface area contributed by atoms with Crippen molar-refractivity contribution < 1.29 is 14.7 Å². The Labute approximate surface area is 103 Å². The molecule has 1 N–H and O–H groups in total. The zero-order chi connectivity index (χ0) is 13.1. The van der Waals surface area contributed by atoms with Crippen molar-refractivity contribution in [3.8, 4) is 0 Å². The van der Waals surface area contributed by atoms with Crippen molar-refractivity contribution in [3.05, 3.63) is 47.8 Å². The lowest BCUT2D eigenvalue weighted by Gasteiger charge is -2.11. The highest BCUT2D eigenvalue weighted by Crippen LogP contribution is 2.15. The maximum absolute atomic E-state index is 11.9. The summed E-state index contributed by atoms with van der Waals surface area (Å²) < 4.78 is 1.40. The molecule has 1 aromatic carbocycles. The fourth-order valence-electron chi connectivity index (χ4n) is 1.55. The second-order valence-electron chi connectivity index (χ2n) is 3.63. The predicted octanol–water partition coefficient (Wildman–Crippen LogP) is 0.0359. The van der Waals surface area contributed by atoms with E-state index in [0.717, 1.165) is 0 Å². The largest absolute Gasteiger partial charge is 0.545 e. The highest BCUT2D eigenvalue weighted by atomic mass is 16.4. The standard InChI is InChI=1S/C12H11N3O3/c1-15-10(6-7-13-15)11(16)14-9-5-3-2-4-8(9)12(17)18/h2-7H,1H3,(H,14,16)(H,17,18)/p-1. The average Bonchev–Trinajstić information content (AvgIpc) is 2.76. The van der Waals surface area contributed by atoms with Crippen LogP contribution >= 0.6 is 0 Å². The van der Waals surface area contributed by atoms with Crippen molar-refractivity contribution in [1.82, 2.24) is 9.78 Å². The van der Waals surface area contributed by atoms with Gasteiger partial charge in [-0.15, -0.1) is 0 Å². The summed E-state index contributed by atoms with van der Waals surface area (Å²) >= 11 is 0. The van der Waals surface area contributed by atoms with E-state index in [9.17, 15) is 14.7 Å². The molecule has 18 heavy (non-hydrogen) atoms. The zero-order valence-corrected chi connectivity index (χ0v) is 9.58. The van der Waals surface area contributed by atoms with Crippen molar-refractivity contribution in [1.29, 1.82) is 0 Å². The van der Waals surface area contributed by atoms with E-state index in [1.165, 1.54) is 29.1 Å². The molecule has 6 heteroatoms. The molecule has 92 valence electrons. The number of amides is 1. The molecule has 1 amide bonds. The summed E-state index contributed by atoms with van der Waals surface area (Å²) in [7, 11) is 1.62. The number of hydrogen-bond donors (Lipinski definition) is 1. The van der Waals surface area contributed by atoms with Crippen LogP contribution in [0.4, 0.5) is 5.69 Å². The van der Waals surface area contributed by atoms with E-state index >= 15 is 0 Å². The van der Waals surface area contributed by atoms with E-state index in [4.69, 9.17) is 0 Å². The summed E-state index contributed by atoms with van der Waals surface area (Å²) in [4.78, 5) is 22.8. The highest BCUT2D eigenvalue weighted by molar-refractivity contribution is 6.06. The van der Waals surface area contributed by atoms with Crippen LogP contribution in [0.15, 0.2) is 36.5 Å². The summed E-state index contributed by atoms with van der Waals surface area (Å²) in [6, 6.07) is 7.60. The number of aromatic carboxylic acids is 1. The van der Waals surface area contributed by atoms with Crippen molar-refractivity contribution in [3.63, 3.8) is 0 Å². The van der Waals surface area contributed by atoms with Gasteiger partial charge in [0.15, 0.2) is 0 Å². The van der Waals surface area contributed by atoms with Crippen LogP contribution in [0, 0.1) is 0 Å². The molecule has 0 atom stereocenters. The molecule has 2 rings (SSSR count). The lowest BCUT2D eigenvalue weighted by atomic mass is 10.2. The topological polar surface area (TPSA) is 87.0 Å². The van der Waals surface area contributed by atoms with Gasteiger partial charge in [0.25, 0.3) is 5.91 Å². The van der Waals surface area contributed by atoms with Crippen LogP contribution in [0.5, 0.6) is 0 Å². The van der Waals surface area contributed by atoms with E-state index in [2.05, 4.69) is 10.4 Å². The number of carboxylic acids is 1. The van der Waals surface area contributed by atoms with Crippen molar-refractivity contribution in [2.75, 3.05) is 5.32 Å². The van der Waals surface area contributed by atoms with E-state index in [1.807, 2.05) is 0 Å². The number of aryl methyl sites for hydroxylation is 1. The summed E-state index contributed by atoms with van der Waals surface area (Å²) in [5, 5.41) is 17.3. The lowest BCUT2D eigenvalue weighted by molar-refractivity contribution is -0.254. The summed E-state index contributed by atoms with van der Waals surface area (Å²) in [6.45, 7) is 0. The quantitative estimate of drug-likeness (QED) is 0.825. The molecular weight excluding hydrogens is 234 g/mol. The number of carboxylic acid groups (broad SMARTS) is 1. The van der Waals surface area contributed by atoms with Gasteiger partial charge in [-0.25, -0.2) is 0 Å². The SMILES string of the molecule is Cn1nccc1C(=O)Nc1ccccc1C(=O)[O-]. The molecule has 6 nitrogen and oxygen atoms in total. The van der Waals surface area contributed by atoms with Crippen LogP contribution in [0.3, 0.4) is 0 Å². The first-order valence-corrected chi connectivity index (χ1v) is 5.19. The number of rotatable bonds is 3. The Bertz CT molecular complexity index is 604. The van der Waals surface area contributed by atoms with E-state index in [-0.39, 0.29) is 11.3 Å². The number of hydrogen-bond acceptors (Lipinski definition) is 4. The summed E-state index contributed by atoms with van der Waals surface area (Å²) in [6.07, 6.45) is 1.49. The minimum absolute atomic E-state index is 0.0620. The van der Waals surface area contributed by atoms with E-state index in [1.54, 1.807) is 19.2 Å². The minimum Gasteiger partial charge on any atom is -0.545 e. The van der Waals surface area contributed by atoms with Gasteiger partial charge in [0.2, 0.25) is 0 Å². The van der Waals surface area contributed by atoms with Gasteiger partial charge in [0, 0.05) is 18.8 Å². The van der Waals surface area contributed by atoms with Crippen LogP contribution in [0.25, 0.3) is 0 Å². The van der Waals surface area contributed by atoms with Gasteiger partial charge in [0.05, 0.1) is 11.7 Å². The number of anilines is 1. The Balaban J connectivity index is 2.28. The Morgan fingerprint density at radius 2 is 2.00 bits per heavy atom. The smallest absolute Gasteiger partial charge is 0.273 e. The van der Waals surface area contributed by atoms with E-state index in [0.29, 0.717) is 5.69 Å². The highest BCUT2D eigenvalue weighted by Gasteiger charge is 2.12. The summed E-state index contributed by atoms with van der Waals surface area (Å²) in [5.74, 6) is -1.76. The Hall–Kier alpha value is -2.63. The minimum atomic E-state index is -1.34. The Morgan fingerprint density at radius 1 is 1.28 bits per heavy atom. The third kappa shape index (κ3) is 2.22. The maximum atomic E-state index is 11.9. The number of para-hydroxylation sites is 1. The molecule has 0 saturated carbocycles. The molecule has 0 fully saturated rings. The Morgan fingerprint density at radius 3 is 2.61 bits per heavy atom. The molecule has 1 heterocycles. The predicted molar refractivity (Wildman–Crippen MR) is 61.9 cm³/mol. The number of aromatic nitrogens is 2. The van der Waals surface area contributed by atoms with Gasteiger partial charge < -0.3 is 15.2 Å². The van der Waals surface area contributed by atoms with Gasteiger partial charge in [-0.2, -0.15) is 5.10 Å². The normalized spacial score (nSPS) is 10.1. The summed E-state index contributed by atoms with van der Waals surface area (Å²) in [5.41, 5.74) is 0.472. The van der Waals surface area contributed by atoms with Crippen LogP contribution in [-0.4, -0.2) is 21.7 Å². The van der Waals surface area contributed by atoms with Crippen molar-refractivity contribution >= 4 is 17.6 Å². The van der Waals surface area contributed by atoms with Gasteiger partial charge in [-0.3, -0.25) is 9.48 Å². The molecule has 0 unspecified atom stereocenters. The number of nitrogens with zero attached hydrogens (tertiary/aromatic N) is 2. The molecule has 0 bridgehead atoms. The maximum Gasteiger partial charge on any atom is 0.273 e. The number of carbonyl (C=O) groups is 2. The molecular formula is C12H10N3O3-. The second-order valence-corrected chi connectivity index (χ2v) is 3.63. The van der Waals surface area contributed by atoms with Gasteiger partial charge in [0.1, 0.15) is 5.69 Å². The first-order chi connectivity index (χ1) is 8.59. The Kier molecular flexibility index (Phi) is 3.09. The fourth-order valence-corrected chi connectivity index (χ4v) is 1.55. The van der Waals surface area contributed by atoms with Crippen molar-refractivity contribution in [2.45, 2.75) is 0 Å². The van der Waals surface area contributed by atoms with Gasteiger partial charge >= 0.3 is 0 Å². The average molecular weight is 244 g/mol. The number of benzene rings is 1. The molecule has 0 spiro atoms. The van der Waals surface area contributed by atoms with Crippen LogP contribution in [0.1, 0.15) is 20.8 Å². The van der Waals surface area contributed by atoms with Crippen molar-refractivity contribution in [2.24, 2.45) is 7.05 Å². The fraction of sp³-hybridized carbons (Fsp3) is 0.0833. The van der Waals surface area contributed by atoms with Gasteiger partial charge in [-0.05, 0) is 12.1 Å². The third-order valence-electron chi connectivity index (χ3n) is 2.45. The zero-order valence-electron chi connectivity index (χ0n) is 9.58. The molecule has 0 aliphatic carbocycles. The van der Waals surface area contributed by atoms with Crippen LogP contribution in [0.2, 0.25) is 0 Å². The molecule has 0 saturated heterocycles. The van der Waals surface area contributed by atoms with E-state index < -0.39 is 11.9 Å². The number of nitrogens with one attached hydrogen (secondary N) is 1. The van der Waals surface area contributed by atoms with Crippen LogP contribution < -0.4 is 10.4 Å². The number of carbonyl (C=O) groups excluding carboxylic acids is 2. The molecule has 1 aromatic heterocycles. The first kappa shape index (κ1) is 11.8. The third-order valence-corrected chi connectivity index (χ3v) is 2.45. The lowest BCUT2D eigenvalue weighted by Crippen LogP contribution is -2.25. The first-order valence-electron chi connectivity index (χ1n) is 5.19.